The second-order valence-corrected chi connectivity index (χ2v) is 6.26. The standard InChI is InChI=1S/C12H15NO2S2/c1-3-9-16-10-8-13-17(14,15)12-7-5-4-6-11(12)2/h1,4-7,13H,8-10H2,2H3. The van der Waals surface area contributed by atoms with Crippen molar-refractivity contribution in [3.05, 3.63) is 29.8 Å². The summed E-state index contributed by atoms with van der Waals surface area (Å²) in [7, 11) is -3.39. The summed E-state index contributed by atoms with van der Waals surface area (Å²) in [6.45, 7) is 2.17. The molecule has 0 aliphatic rings. The molecule has 0 amide bonds. The maximum absolute atomic E-state index is 11.9. The van der Waals surface area contributed by atoms with E-state index in [2.05, 4.69) is 10.6 Å². The number of benzene rings is 1. The third kappa shape index (κ3) is 4.43. The third-order valence-electron chi connectivity index (χ3n) is 2.11. The molecule has 1 N–H and O–H groups in total. The second kappa shape index (κ2) is 6.70. The minimum absolute atomic E-state index is 0.335. The zero-order chi connectivity index (χ0) is 12.7. The minimum atomic E-state index is -3.39. The van der Waals surface area contributed by atoms with Crippen molar-refractivity contribution in [3.8, 4) is 12.3 Å². The molecule has 1 rings (SSSR count). The van der Waals surface area contributed by atoms with Crippen LogP contribution in [0.5, 0.6) is 0 Å². The first-order chi connectivity index (χ1) is 8.08. The van der Waals surface area contributed by atoms with Crippen LogP contribution in [0.4, 0.5) is 0 Å². The molecule has 0 spiro atoms. The van der Waals surface area contributed by atoms with E-state index in [0.29, 0.717) is 22.9 Å². The van der Waals surface area contributed by atoms with Gasteiger partial charge in [-0.25, -0.2) is 13.1 Å². The Balaban J connectivity index is 2.59. The van der Waals surface area contributed by atoms with Gasteiger partial charge in [-0.05, 0) is 18.6 Å². The Morgan fingerprint density at radius 1 is 1.41 bits per heavy atom. The van der Waals surface area contributed by atoms with E-state index in [1.54, 1.807) is 25.1 Å². The summed E-state index contributed by atoms with van der Waals surface area (Å²) in [5, 5.41) is 0. The SMILES string of the molecule is C#CCSCCNS(=O)(=O)c1ccccc1C. The van der Waals surface area contributed by atoms with Crippen molar-refractivity contribution in [1.82, 2.24) is 4.72 Å². The first-order valence-electron chi connectivity index (χ1n) is 5.14. The maximum atomic E-state index is 11.9. The second-order valence-electron chi connectivity index (χ2n) is 3.42. The molecule has 0 saturated carbocycles. The van der Waals surface area contributed by atoms with Gasteiger partial charge in [0.25, 0.3) is 0 Å². The lowest BCUT2D eigenvalue weighted by atomic mass is 10.2. The molecule has 0 heterocycles. The molecule has 0 fully saturated rings. The molecule has 17 heavy (non-hydrogen) atoms. The monoisotopic (exact) mass is 269 g/mol. The average Bonchev–Trinajstić information content (AvgIpc) is 2.29. The van der Waals surface area contributed by atoms with Crippen LogP contribution in [0.15, 0.2) is 29.2 Å². The van der Waals surface area contributed by atoms with Gasteiger partial charge in [0.05, 0.1) is 10.6 Å². The molecule has 0 radical (unpaired) electrons. The van der Waals surface area contributed by atoms with Crippen molar-refractivity contribution in [3.63, 3.8) is 0 Å². The number of hydrogen-bond donors (Lipinski definition) is 1. The highest BCUT2D eigenvalue weighted by atomic mass is 32.2. The van der Waals surface area contributed by atoms with Crippen LogP contribution in [0.3, 0.4) is 0 Å². The molecule has 0 aromatic heterocycles. The zero-order valence-electron chi connectivity index (χ0n) is 9.64. The Hall–Kier alpha value is -0.960. The molecule has 0 unspecified atom stereocenters. The molecule has 0 atom stereocenters. The van der Waals surface area contributed by atoms with Gasteiger partial charge in [-0.15, -0.1) is 18.2 Å². The number of aryl methyl sites for hydroxylation is 1. The van der Waals surface area contributed by atoms with E-state index in [4.69, 9.17) is 6.42 Å². The maximum Gasteiger partial charge on any atom is 0.240 e. The molecular weight excluding hydrogens is 254 g/mol. The van der Waals surface area contributed by atoms with E-state index in [1.165, 1.54) is 11.8 Å². The average molecular weight is 269 g/mol. The van der Waals surface area contributed by atoms with Gasteiger partial charge in [-0.1, -0.05) is 24.1 Å². The van der Waals surface area contributed by atoms with Gasteiger partial charge in [0, 0.05) is 12.3 Å². The van der Waals surface area contributed by atoms with Crippen molar-refractivity contribution >= 4 is 21.8 Å². The topological polar surface area (TPSA) is 46.2 Å². The lowest BCUT2D eigenvalue weighted by Gasteiger charge is -2.08. The largest absolute Gasteiger partial charge is 0.240 e. The third-order valence-corrected chi connectivity index (χ3v) is 4.59. The lowest BCUT2D eigenvalue weighted by Crippen LogP contribution is -2.26. The Kier molecular flexibility index (Phi) is 5.56. The Morgan fingerprint density at radius 2 is 2.12 bits per heavy atom. The summed E-state index contributed by atoms with van der Waals surface area (Å²) in [4.78, 5) is 0.335. The molecular formula is C12H15NO2S2. The van der Waals surface area contributed by atoms with Crippen molar-refractivity contribution in [2.45, 2.75) is 11.8 Å². The van der Waals surface area contributed by atoms with Gasteiger partial charge in [-0.3, -0.25) is 0 Å². The summed E-state index contributed by atoms with van der Waals surface area (Å²) < 4.78 is 26.4. The van der Waals surface area contributed by atoms with Crippen LogP contribution in [0.1, 0.15) is 5.56 Å². The van der Waals surface area contributed by atoms with Gasteiger partial charge in [0.2, 0.25) is 10.0 Å². The highest BCUT2D eigenvalue weighted by Crippen LogP contribution is 2.13. The predicted octanol–water partition coefficient (Wildman–Crippen LogP) is 1.64. The molecule has 0 bridgehead atoms. The fourth-order valence-electron chi connectivity index (χ4n) is 1.31. The van der Waals surface area contributed by atoms with Crippen LogP contribution in [0, 0.1) is 19.3 Å². The van der Waals surface area contributed by atoms with Crippen LogP contribution >= 0.6 is 11.8 Å². The molecule has 1 aromatic rings. The number of nitrogens with one attached hydrogen (secondary N) is 1. The van der Waals surface area contributed by atoms with Gasteiger partial charge in [0.1, 0.15) is 0 Å². The fourth-order valence-corrected chi connectivity index (χ4v) is 3.23. The number of terminal acetylenes is 1. The number of thioether (sulfide) groups is 1. The Labute approximate surface area is 107 Å². The summed E-state index contributed by atoms with van der Waals surface area (Å²) in [5.41, 5.74) is 0.747. The summed E-state index contributed by atoms with van der Waals surface area (Å²) >= 11 is 1.53. The van der Waals surface area contributed by atoms with Crippen molar-refractivity contribution in [2.24, 2.45) is 0 Å². The smallest absolute Gasteiger partial charge is 0.210 e. The van der Waals surface area contributed by atoms with Gasteiger partial charge in [-0.2, -0.15) is 0 Å². The van der Waals surface area contributed by atoms with E-state index in [1.807, 2.05) is 6.07 Å². The van der Waals surface area contributed by atoms with E-state index in [9.17, 15) is 8.42 Å². The molecule has 0 saturated heterocycles. The summed E-state index contributed by atoms with van der Waals surface area (Å²) in [6, 6.07) is 6.92. The molecule has 5 heteroatoms. The minimum Gasteiger partial charge on any atom is -0.210 e. The van der Waals surface area contributed by atoms with Crippen LogP contribution in [-0.2, 0) is 10.0 Å². The van der Waals surface area contributed by atoms with Crippen molar-refractivity contribution in [2.75, 3.05) is 18.1 Å². The van der Waals surface area contributed by atoms with Gasteiger partial charge < -0.3 is 0 Å². The predicted molar refractivity (Wildman–Crippen MR) is 72.5 cm³/mol. The normalized spacial score (nSPS) is 11.1. The van der Waals surface area contributed by atoms with E-state index in [0.717, 1.165) is 5.56 Å². The summed E-state index contributed by atoms with van der Waals surface area (Å²) in [5.74, 6) is 3.77. The van der Waals surface area contributed by atoms with E-state index < -0.39 is 10.0 Å². The molecule has 0 aliphatic heterocycles. The number of sulfonamides is 1. The molecule has 92 valence electrons. The van der Waals surface area contributed by atoms with Crippen LogP contribution in [-0.4, -0.2) is 26.5 Å². The Bertz CT molecular complexity index is 503. The van der Waals surface area contributed by atoms with Crippen molar-refractivity contribution in [1.29, 1.82) is 0 Å². The van der Waals surface area contributed by atoms with E-state index in [-0.39, 0.29) is 0 Å². The molecule has 0 aliphatic carbocycles. The van der Waals surface area contributed by atoms with Crippen LogP contribution < -0.4 is 4.72 Å². The lowest BCUT2D eigenvalue weighted by molar-refractivity contribution is 0.583. The van der Waals surface area contributed by atoms with Crippen molar-refractivity contribution < 1.29 is 8.42 Å². The quantitative estimate of drug-likeness (QED) is 0.631. The first kappa shape index (κ1) is 14.1. The molecule has 3 nitrogen and oxygen atoms in total. The first-order valence-corrected chi connectivity index (χ1v) is 7.78. The highest BCUT2D eigenvalue weighted by Gasteiger charge is 2.14. The highest BCUT2D eigenvalue weighted by molar-refractivity contribution is 7.99. The number of hydrogen-bond acceptors (Lipinski definition) is 3. The van der Waals surface area contributed by atoms with Crippen LogP contribution in [0.25, 0.3) is 0 Å². The molecule has 1 aromatic carbocycles. The zero-order valence-corrected chi connectivity index (χ0v) is 11.3. The van der Waals surface area contributed by atoms with Gasteiger partial charge >= 0.3 is 0 Å². The van der Waals surface area contributed by atoms with E-state index >= 15 is 0 Å². The van der Waals surface area contributed by atoms with Gasteiger partial charge in [0.15, 0.2) is 0 Å². The fraction of sp³-hybridized carbons (Fsp3) is 0.333. The number of rotatable bonds is 6. The summed E-state index contributed by atoms with van der Waals surface area (Å²) in [6.07, 6.45) is 5.10. The Morgan fingerprint density at radius 3 is 2.76 bits per heavy atom. The van der Waals surface area contributed by atoms with Crippen LogP contribution in [0.2, 0.25) is 0 Å².